The van der Waals surface area contributed by atoms with Crippen LogP contribution in [0.3, 0.4) is 0 Å². The maximum absolute atomic E-state index is 12.9. The SMILES string of the molecule is Cc1cc(C(=O)N2CCOC[C@H]2CC(=O)c2ccccc2)c(C)o1. The Morgan fingerprint density at radius 3 is 2.62 bits per heavy atom. The van der Waals surface area contributed by atoms with Crippen LogP contribution in [-0.4, -0.2) is 42.4 Å². The predicted molar refractivity (Wildman–Crippen MR) is 89.2 cm³/mol. The number of Topliss-reactive ketones (excluding diaryl/α,β-unsaturated/α-hetero) is 1. The minimum Gasteiger partial charge on any atom is -0.466 e. The van der Waals surface area contributed by atoms with Crippen molar-refractivity contribution in [3.63, 3.8) is 0 Å². The molecule has 126 valence electrons. The first-order valence-corrected chi connectivity index (χ1v) is 8.10. The van der Waals surface area contributed by atoms with Gasteiger partial charge >= 0.3 is 0 Å². The van der Waals surface area contributed by atoms with E-state index >= 15 is 0 Å². The van der Waals surface area contributed by atoms with Crippen molar-refractivity contribution in [1.82, 2.24) is 4.90 Å². The summed E-state index contributed by atoms with van der Waals surface area (Å²) in [4.78, 5) is 27.1. The fourth-order valence-corrected chi connectivity index (χ4v) is 3.05. The van der Waals surface area contributed by atoms with E-state index in [1.807, 2.05) is 25.1 Å². The molecule has 0 unspecified atom stereocenters. The van der Waals surface area contributed by atoms with Gasteiger partial charge in [0.15, 0.2) is 5.78 Å². The first-order chi connectivity index (χ1) is 11.6. The van der Waals surface area contributed by atoms with Crippen molar-refractivity contribution in [3.8, 4) is 0 Å². The number of carbonyl (C=O) groups is 2. The molecular formula is C19H21NO4. The number of carbonyl (C=O) groups excluding carboxylic acids is 2. The summed E-state index contributed by atoms with van der Waals surface area (Å²) in [6.07, 6.45) is 0.256. The van der Waals surface area contributed by atoms with E-state index in [-0.39, 0.29) is 24.2 Å². The molecule has 1 atom stereocenters. The largest absolute Gasteiger partial charge is 0.466 e. The number of ketones is 1. The monoisotopic (exact) mass is 327 g/mol. The molecule has 1 aromatic carbocycles. The van der Waals surface area contributed by atoms with Crippen molar-refractivity contribution < 1.29 is 18.7 Å². The summed E-state index contributed by atoms with van der Waals surface area (Å²) < 4.78 is 11.0. The minimum absolute atomic E-state index is 0.0176. The fraction of sp³-hybridized carbons (Fsp3) is 0.368. The van der Waals surface area contributed by atoms with Gasteiger partial charge in [-0.3, -0.25) is 9.59 Å². The molecule has 1 aliphatic rings. The van der Waals surface area contributed by atoms with Crippen molar-refractivity contribution in [2.24, 2.45) is 0 Å². The first kappa shape index (κ1) is 16.5. The second kappa shape index (κ2) is 7.01. The molecular weight excluding hydrogens is 306 g/mol. The normalized spacial score (nSPS) is 17.8. The van der Waals surface area contributed by atoms with Gasteiger partial charge in [-0.05, 0) is 19.9 Å². The number of nitrogens with zero attached hydrogens (tertiary/aromatic N) is 1. The standard InChI is InChI=1S/C19H21NO4/c1-13-10-17(14(2)24-13)19(22)20-8-9-23-12-16(20)11-18(21)15-6-4-3-5-7-15/h3-7,10,16H,8-9,11-12H2,1-2H3/t16-/m1/s1. The quantitative estimate of drug-likeness (QED) is 0.810. The van der Waals surface area contributed by atoms with Crippen molar-refractivity contribution in [2.45, 2.75) is 26.3 Å². The van der Waals surface area contributed by atoms with E-state index in [9.17, 15) is 9.59 Å². The van der Waals surface area contributed by atoms with Crippen LogP contribution in [0.4, 0.5) is 0 Å². The maximum atomic E-state index is 12.9. The highest BCUT2D eigenvalue weighted by molar-refractivity contribution is 5.98. The number of rotatable bonds is 4. The molecule has 1 aliphatic heterocycles. The molecule has 5 nitrogen and oxygen atoms in total. The number of hydrogen-bond acceptors (Lipinski definition) is 4. The molecule has 2 heterocycles. The minimum atomic E-state index is -0.256. The van der Waals surface area contributed by atoms with Crippen molar-refractivity contribution in [3.05, 3.63) is 59.0 Å². The third-order valence-electron chi connectivity index (χ3n) is 4.28. The molecule has 0 N–H and O–H groups in total. The number of aryl methyl sites for hydroxylation is 2. The highest BCUT2D eigenvalue weighted by Crippen LogP contribution is 2.21. The fourth-order valence-electron chi connectivity index (χ4n) is 3.05. The summed E-state index contributed by atoms with van der Waals surface area (Å²) in [6, 6.07) is 10.6. The molecule has 0 saturated carbocycles. The van der Waals surface area contributed by atoms with Gasteiger partial charge in [-0.15, -0.1) is 0 Å². The lowest BCUT2D eigenvalue weighted by molar-refractivity contribution is -0.00289. The molecule has 24 heavy (non-hydrogen) atoms. The summed E-state index contributed by atoms with van der Waals surface area (Å²) in [7, 11) is 0. The van der Waals surface area contributed by atoms with E-state index in [1.54, 1.807) is 30.0 Å². The van der Waals surface area contributed by atoms with E-state index in [2.05, 4.69) is 0 Å². The van der Waals surface area contributed by atoms with E-state index < -0.39 is 0 Å². The van der Waals surface area contributed by atoms with Crippen LogP contribution in [0.5, 0.6) is 0 Å². The second-order valence-electron chi connectivity index (χ2n) is 6.05. The van der Waals surface area contributed by atoms with E-state index in [4.69, 9.17) is 9.15 Å². The van der Waals surface area contributed by atoms with Gasteiger partial charge in [-0.1, -0.05) is 30.3 Å². The van der Waals surface area contributed by atoms with Crippen LogP contribution in [0.1, 0.15) is 38.7 Å². The van der Waals surface area contributed by atoms with Crippen LogP contribution in [-0.2, 0) is 4.74 Å². The molecule has 0 aliphatic carbocycles. The molecule has 0 radical (unpaired) electrons. The number of benzene rings is 1. The molecule has 1 aromatic heterocycles. The molecule has 2 aromatic rings. The Kier molecular flexibility index (Phi) is 4.81. The van der Waals surface area contributed by atoms with Gasteiger partial charge in [0, 0.05) is 18.5 Å². The Hall–Kier alpha value is -2.40. The molecule has 1 saturated heterocycles. The molecule has 1 amide bonds. The Morgan fingerprint density at radius 2 is 1.96 bits per heavy atom. The lowest BCUT2D eigenvalue weighted by atomic mass is 10.0. The zero-order valence-corrected chi connectivity index (χ0v) is 14.0. The molecule has 3 rings (SSSR count). The van der Waals surface area contributed by atoms with Gasteiger partial charge in [-0.2, -0.15) is 0 Å². The number of amides is 1. The summed E-state index contributed by atoms with van der Waals surface area (Å²) in [5.74, 6) is 1.24. The van der Waals surface area contributed by atoms with Crippen molar-refractivity contribution in [1.29, 1.82) is 0 Å². The van der Waals surface area contributed by atoms with Crippen LogP contribution < -0.4 is 0 Å². The number of hydrogen-bond donors (Lipinski definition) is 0. The van der Waals surface area contributed by atoms with Crippen LogP contribution in [0.25, 0.3) is 0 Å². The number of morpholine rings is 1. The number of furan rings is 1. The Balaban J connectivity index is 1.77. The summed E-state index contributed by atoms with van der Waals surface area (Å²) >= 11 is 0. The van der Waals surface area contributed by atoms with E-state index in [0.717, 1.165) is 0 Å². The Labute approximate surface area is 141 Å². The Morgan fingerprint density at radius 1 is 1.21 bits per heavy atom. The highest BCUT2D eigenvalue weighted by atomic mass is 16.5. The summed E-state index contributed by atoms with van der Waals surface area (Å²) in [5, 5.41) is 0. The van der Waals surface area contributed by atoms with Gasteiger partial charge in [0.25, 0.3) is 5.91 Å². The first-order valence-electron chi connectivity index (χ1n) is 8.10. The molecule has 0 spiro atoms. The average Bonchev–Trinajstić information content (AvgIpc) is 2.94. The van der Waals surface area contributed by atoms with Gasteiger partial charge in [0.1, 0.15) is 11.5 Å². The smallest absolute Gasteiger partial charge is 0.257 e. The van der Waals surface area contributed by atoms with Crippen LogP contribution in [0.2, 0.25) is 0 Å². The van der Waals surface area contributed by atoms with Gasteiger partial charge in [-0.25, -0.2) is 0 Å². The predicted octanol–water partition coefficient (Wildman–Crippen LogP) is 3.01. The summed E-state index contributed by atoms with van der Waals surface area (Å²) in [6.45, 7) is 4.94. The van der Waals surface area contributed by atoms with E-state index in [1.165, 1.54) is 0 Å². The van der Waals surface area contributed by atoms with Crippen molar-refractivity contribution >= 4 is 11.7 Å². The van der Waals surface area contributed by atoms with E-state index in [0.29, 0.717) is 42.4 Å². The average molecular weight is 327 g/mol. The Bertz CT molecular complexity index is 735. The maximum Gasteiger partial charge on any atom is 0.257 e. The summed E-state index contributed by atoms with van der Waals surface area (Å²) in [5.41, 5.74) is 1.22. The third-order valence-corrected chi connectivity index (χ3v) is 4.28. The number of ether oxygens (including phenoxy) is 1. The topological polar surface area (TPSA) is 59.8 Å². The third kappa shape index (κ3) is 3.41. The zero-order valence-electron chi connectivity index (χ0n) is 14.0. The van der Waals surface area contributed by atoms with Gasteiger partial charge < -0.3 is 14.1 Å². The lowest BCUT2D eigenvalue weighted by Crippen LogP contribution is -2.49. The van der Waals surface area contributed by atoms with Crippen LogP contribution in [0, 0.1) is 13.8 Å². The molecule has 5 heteroatoms. The molecule has 1 fully saturated rings. The van der Waals surface area contributed by atoms with Crippen molar-refractivity contribution in [2.75, 3.05) is 19.8 Å². The second-order valence-corrected chi connectivity index (χ2v) is 6.05. The molecule has 0 bridgehead atoms. The van der Waals surface area contributed by atoms with Crippen LogP contribution in [0.15, 0.2) is 40.8 Å². The van der Waals surface area contributed by atoms with Gasteiger partial charge in [0.2, 0.25) is 0 Å². The highest BCUT2D eigenvalue weighted by Gasteiger charge is 2.31. The zero-order chi connectivity index (χ0) is 17.1. The van der Waals surface area contributed by atoms with Crippen LogP contribution >= 0.6 is 0 Å². The van der Waals surface area contributed by atoms with Gasteiger partial charge in [0.05, 0.1) is 24.8 Å². The lowest BCUT2D eigenvalue weighted by Gasteiger charge is -2.35.